The normalized spacial score (nSPS) is 28.7. The van der Waals surface area contributed by atoms with E-state index in [1.165, 1.54) is 58.5 Å². The molecule has 2 aliphatic heterocycles. The average molecular weight is 225 g/mol. The lowest BCUT2D eigenvalue weighted by Gasteiger charge is -2.52. The molecule has 94 valence electrons. The predicted octanol–water partition coefficient (Wildman–Crippen LogP) is 1.11. The number of likely N-dealkylation sites (tertiary alicyclic amines) is 1. The van der Waals surface area contributed by atoms with Gasteiger partial charge in [0.1, 0.15) is 0 Å². The molecule has 0 unspecified atom stereocenters. The molecule has 0 amide bonds. The summed E-state index contributed by atoms with van der Waals surface area (Å²) in [6.45, 7) is 9.91. The van der Waals surface area contributed by atoms with Crippen molar-refractivity contribution in [2.24, 2.45) is 0 Å². The summed E-state index contributed by atoms with van der Waals surface area (Å²) >= 11 is 0. The molecular weight excluding hydrogens is 198 g/mol. The van der Waals surface area contributed by atoms with Gasteiger partial charge in [0.25, 0.3) is 0 Å². The molecule has 0 aromatic carbocycles. The third-order valence-electron chi connectivity index (χ3n) is 4.52. The van der Waals surface area contributed by atoms with Gasteiger partial charge in [0.15, 0.2) is 0 Å². The first-order chi connectivity index (χ1) is 7.66. The van der Waals surface area contributed by atoms with Gasteiger partial charge < -0.3 is 9.80 Å². The first kappa shape index (κ1) is 12.3. The van der Waals surface area contributed by atoms with Crippen LogP contribution in [0.1, 0.15) is 26.2 Å². The first-order valence-corrected chi connectivity index (χ1v) is 6.78. The molecule has 1 spiro atoms. The molecule has 2 fully saturated rings. The van der Waals surface area contributed by atoms with Crippen LogP contribution >= 0.6 is 0 Å². The molecule has 0 aromatic heterocycles. The number of piperidine rings is 1. The van der Waals surface area contributed by atoms with Crippen LogP contribution in [0.3, 0.4) is 0 Å². The van der Waals surface area contributed by atoms with Gasteiger partial charge in [-0.2, -0.15) is 0 Å². The van der Waals surface area contributed by atoms with Gasteiger partial charge in [-0.3, -0.25) is 4.90 Å². The van der Waals surface area contributed by atoms with Crippen LogP contribution in [0.15, 0.2) is 0 Å². The zero-order chi connectivity index (χ0) is 11.6. The molecule has 2 heterocycles. The fourth-order valence-electron chi connectivity index (χ4n) is 3.31. The van der Waals surface area contributed by atoms with E-state index < -0.39 is 0 Å². The quantitative estimate of drug-likeness (QED) is 0.697. The Labute approximate surface area is 100 Å². The number of rotatable bonds is 2. The van der Waals surface area contributed by atoms with E-state index in [1.54, 1.807) is 0 Å². The van der Waals surface area contributed by atoms with Crippen LogP contribution < -0.4 is 0 Å². The molecule has 0 saturated carbocycles. The fourth-order valence-corrected chi connectivity index (χ4v) is 3.31. The van der Waals surface area contributed by atoms with Crippen molar-refractivity contribution in [2.45, 2.75) is 31.7 Å². The maximum Gasteiger partial charge on any atom is 0.0358 e. The predicted molar refractivity (Wildman–Crippen MR) is 68.8 cm³/mol. The van der Waals surface area contributed by atoms with E-state index >= 15 is 0 Å². The van der Waals surface area contributed by atoms with E-state index in [1.807, 2.05) is 0 Å². The molecule has 0 bridgehead atoms. The van der Waals surface area contributed by atoms with Gasteiger partial charge >= 0.3 is 0 Å². The molecule has 0 N–H and O–H groups in total. The van der Waals surface area contributed by atoms with Crippen molar-refractivity contribution >= 4 is 0 Å². The Morgan fingerprint density at radius 3 is 2.31 bits per heavy atom. The summed E-state index contributed by atoms with van der Waals surface area (Å²) in [6, 6.07) is 0. The molecule has 0 atom stereocenters. The van der Waals surface area contributed by atoms with Crippen LogP contribution in [0.5, 0.6) is 0 Å². The topological polar surface area (TPSA) is 9.72 Å². The average Bonchev–Trinajstić information content (AvgIpc) is 2.28. The van der Waals surface area contributed by atoms with Gasteiger partial charge in [-0.05, 0) is 53.0 Å². The van der Waals surface area contributed by atoms with Crippen LogP contribution in [-0.4, -0.2) is 73.6 Å². The van der Waals surface area contributed by atoms with Gasteiger partial charge in [-0.25, -0.2) is 0 Å². The number of hydrogen-bond acceptors (Lipinski definition) is 3. The second-order valence-corrected chi connectivity index (χ2v) is 5.73. The van der Waals surface area contributed by atoms with Crippen LogP contribution in [0.2, 0.25) is 0 Å². The maximum absolute atomic E-state index is 2.63. The van der Waals surface area contributed by atoms with E-state index in [0.29, 0.717) is 5.54 Å². The van der Waals surface area contributed by atoms with E-state index in [4.69, 9.17) is 0 Å². The minimum atomic E-state index is 0.483. The summed E-state index contributed by atoms with van der Waals surface area (Å²) in [6.07, 6.45) is 4.00. The van der Waals surface area contributed by atoms with Crippen molar-refractivity contribution in [3.63, 3.8) is 0 Å². The van der Waals surface area contributed by atoms with E-state index in [9.17, 15) is 0 Å². The van der Waals surface area contributed by atoms with Crippen LogP contribution in [-0.2, 0) is 0 Å². The smallest absolute Gasteiger partial charge is 0.0358 e. The van der Waals surface area contributed by atoms with Gasteiger partial charge in [0.05, 0.1) is 0 Å². The van der Waals surface area contributed by atoms with E-state index in [0.717, 1.165) is 0 Å². The second-order valence-electron chi connectivity index (χ2n) is 5.73. The van der Waals surface area contributed by atoms with Gasteiger partial charge in [-0.15, -0.1) is 0 Å². The lowest BCUT2D eigenvalue weighted by Crippen LogP contribution is -2.63. The fraction of sp³-hybridized carbons (Fsp3) is 1.00. The minimum absolute atomic E-state index is 0.483. The summed E-state index contributed by atoms with van der Waals surface area (Å²) in [7, 11) is 4.59. The van der Waals surface area contributed by atoms with Crippen molar-refractivity contribution in [3.05, 3.63) is 0 Å². The molecule has 0 aromatic rings. The molecule has 3 heteroatoms. The molecule has 16 heavy (non-hydrogen) atoms. The Bertz CT molecular complexity index is 221. The third-order valence-corrected chi connectivity index (χ3v) is 4.52. The SMILES string of the molecule is CCCN1CCC2(CC1)CN(C)CCN2C. The van der Waals surface area contributed by atoms with Gasteiger partial charge in [-0.1, -0.05) is 6.92 Å². The van der Waals surface area contributed by atoms with Crippen molar-refractivity contribution in [2.75, 3.05) is 53.4 Å². The lowest BCUT2D eigenvalue weighted by molar-refractivity contribution is -0.0189. The minimum Gasteiger partial charge on any atom is -0.303 e. The third kappa shape index (κ3) is 2.41. The summed E-state index contributed by atoms with van der Waals surface area (Å²) in [5, 5.41) is 0. The van der Waals surface area contributed by atoms with Crippen LogP contribution in [0.4, 0.5) is 0 Å². The monoisotopic (exact) mass is 225 g/mol. The Kier molecular flexibility index (Phi) is 3.88. The highest BCUT2D eigenvalue weighted by molar-refractivity contribution is 4.98. The van der Waals surface area contributed by atoms with Crippen LogP contribution in [0, 0.1) is 0 Å². The number of nitrogens with zero attached hydrogens (tertiary/aromatic N) is 3. The molecule has 0 aliphatic carbocycles. The lowest BCUT2D eigenvalue weighted by atomic mass is 9.84. The Balaban J connectivity index is 1.94. The van der Waals surface area contributed by atoms with Gasteiger partial charge in [0.2, 0.25) is 0 Å². The number of piperazine rings is 1. The summed E-state index contributed by atoms with van der Waals surface area (Å²) in [5.41, 5.74) is 0.483. The Morgan fingerprint density at radius 2 is 1.69 bits per heavy atom. The number of likely N-dealkylation sites (N-methyl/N-ethyl adjacent to an activating group) is 2. The highest BCUT2D eigenvalue weighted by Crippen LogP contribution is 2.31. The first-order valence-electron chi connectivity index (χ1n) is 6.78. The maximum atomic E-state index is 2.63. The molecule has 2 saturated heterocycles. The standard InChI is InChI=1S/C13H27N3/c1-4-7-16-8-5-13(6-9-16)12-14(2)10-11-15(13)3/h4-12H2,1-3H3. The highest BCUT2D eigenvalue weighted by atomic mass is 15.3. The Morgan fingerprint density at radius 1 is 1.00 bits per heavy atom. The molecular formula is C13H27N3. The number of hydrogen-bond donors (Lipinski definition) is 0. The van der Waals surface area contributed by atoms with E-state index in [2.05, 4.69) is 35.7 Å². The largest absolute Gasteiger partial charge is 0.303 e. The summed E-state index contributed by atoms with van der Waals surface area (Å²) in [4.78, 5) is 7.76. The molecule has 2 aliphatic rings. The molecule has 2 rings (SSSR count). The molecule has 3 nitrogen and oxygen atoms in total. The Hall–Kier alpha value is -0.120. The van der Waals surface area contributed by atoms with Crippen molar-refractivity contribution < 1.29 is 0 Å². The second kappa shape index (κ2) is 5.03. The molecule has 0 radical (unpaired) electrons. The highest BCUT2D eigenvalue weighted by Gasteiger charge is 2.40. The zero-order valence-corrected chi connectivity index (χ0v) is 11.2. The van der Waals surface area contributed by atoms with Crippen LogP contribution in [0.25, 0.3) is 0 Å². The van der Waals surface area contributed by atoms with Crippen molar-refractivity contribution in [3.8, 4) is 0 Å². The van der Waals surface area contributed by atoms with Crippen molar-refractivity contribution in [1.29, 1.82) is 0 Å². The van der Waals surface area contributed by atoms with Crippen molar-refractivity contribution in [1.82, 2.24) is 14.7 Å². The zero-order valence-electron chi connectivity index (χ0n) is 11.2. The summed E-state index contributed by atoms with van der Waals surface area (Å²) in [5.74, 6) is 0. The van der Waals surface area contributed by atoms with E-state index in [-0.39, 0.29) is 0 Å². The summed E-state index contributed by atoms with van der Waals surface area (Å²) < 4.78 is 0. The van der Waals surface area contributed by atoms with Gasteiger partial charge in [0, 0.05) is 25.2 Å².